The second kappa shape index (κ2) is 5.00. The molecule has 0 saturated carbocycles. The lowest BCUT2D eigenvalue weighted by atomic mass is 10.2. The van der Waals surface area contributed by atoms with E-state index in [9.17, 15) is 9.18 Å². The molecule has 0 atom stereocenters. The molecule has 2 rings (SSSR count). The van der Waals surface area contributed by atoms with Crippen molar-refractivity contribution in [2.75, 3.05) is 0 Å². The number of nitrogens with zero attached hydrogens (tertiary/aromatic N) is 2. The maximum Gasteiger partial charge on any atom is 0.309 e. The Balaban J connectivity index is 2.22. The molecule has 0 amide bonds. The third kappa shape index (κ3) is 2.94. The van der Waals surface area contributed by atoms with Gasteiger partial charge in [-0.3, -0.25) is 4.79 Å². The maximum absolute atomic E-state index is 12.8. The normalized spacial score (nSPS) is 10.4. The molecule has 1 heterocycles. The molecule has 94 valence electrons. The topological polar surface area (TPSA) is 44.1 Å². The number of hydrogen-bond donors (Lipinski definition) is 0. The second-order valence-corrected chi connectivity index (χ2v) is 4.00. The van der Waals surface area contributed by atoms with Crippen molar-refractivity contribution in [3.63, 3.8) is 0 Å². The van der Waals surface area contributed by atoms with E-state index in [1.165, 1.54) is 19.1 Å². The van der Waals surface area contributed by atoms with Crippen molar-refractivity contribution in [1.29, 1.82) is 0 Å². The number of rotatable bonds is 3. The van der Waals surface area contributed by atoms with Gasteiger partial charge >= 0.3 is 5.97 Å². The van der Waals surface area contributed by atoms with Crippen molar-refractivity contribution in [1.82, 2.24) is 9.78 Å². The predicted molar refractivity (Wildman–Crippen MR) is 63.8 cm³/mol. The third-order valence-electron chi connectivity index (χ3n) is 2.36. The Kier molecular flexibility index (Phi) is 3.41. The van der Waals surface area contributed by atoms with Crippen molar-refractivity contribution in [3.05, 3.63) is 47.4 Å². The number of aryl methyl sites for hydroxylation is 1. The first kappa shape index (κ1) is 12.3. The van der Waals surface area contributed by atoms with Crippen LogP contribution in [0.1, 0.15) is 18.2 Å². The number of esters is 1. The van der Waals surface area contributed by atoms with Gasteiger partial charge in [0.1, 0.15) is 5.82 Å². The molecule has 18 heavy (non-hydrogen) atoms. The molecule has 2 aromatic rings. The highest BCUT2D eigenvalue weighted by Crippen LogP contribution is 2.15. The average molecular weight is 248 g/mol. The molecule has 0 saturated heterocycles. The van der Waals surface area contributed by atoms with E-state index in [4.69, 9.17) is 4.74 Å². The van der Waals surface area contributed by atoms with E-state index >= 15 is 0 Å². The summed E-state index contributed by atoms with van der Waals surface area (Å²) >= 11 is 0. The summed E-state index contributed by atoms with van der Waals surface area (Å²) in [5, 5.41) is 4.23. The highest BCUT2D eigenvalue weighted by Gasteiger charge is 2.09. The Morgan fingerprint density at radius 1 is 1.39 bits per heavy atom. The summed E-state index contributed by atoms with van der Waals surface area (Å²) in [6.07, 6.45) is 0. The van der Waals surface area contributed by atoms with Crippen LogP contribution in [0.15, 0.2) is 30.3 Å². The van der Waals surface area contributed by atoms with E-state index in [0.29, 0.717) is 12.4 Å². The molecule has 5 heteroatoms. The standard InChI is InChI=1S/C13H13FN2O2/c1-9-7-13(18-10(2)17)16(15-9)8-11-3-5-12(14)6-4-11/h3-7H,8H2,1-2H3. The summed E-state index contributed by atoms with van der Waals surface area (Å²) in [4.78, 5) is 11.0. The highest BCUT2D eigenvalue weighted by molar-refractivity contribution is 5.68. The molecule has 0 aliphatic carbocycles. The predicted octanol–water partition coefficient (Wildman–Crippen LogP) is 2.30. The molecular weight excluding hydrogens is 235 g/mol. The zero-order valence-corrected chi connectivity index (χ0v) is 10.2. The van der Waals surface area contributed by atoms with Crippen LogP contribution in [0.5, 0.6) is 5.88 Å². The van der Waals surface area contributed by atoms with Crippen LogP contribution in [-0.2, 0) is 11.3 Å². The molecule has 0 aliphatic rings. The van der Waals surface area contributed by atoms with Gasteiger partial charge in [0.2, 0.25) is 5.88 Å². The molecule has 1 aromatic carbocycles. The van der Waals surface area contributed by atoms with Crippen LogP contribution in [0, 0.1) is 12.7 Å². The second-order valence-electron chi connectivity index (χ2n) is 4.00. The molecular formula is C13H13FN2O2. The molecule has 1 aromatic heterocycles. The number of halogens is 1. The molecule has 0 radical (unpaired) electrons. The Bertz CT molecular complexity index is 561. The Morgan fingerprint density at radius 3 is 2.67 bits per heavy atom. The number of ether oxygens (including phenoxy) is 1. The van der Waals surface area contributed by atoms with Gasteiger partial charge < -0.3 is 4.74 Å². The van der Waals surface area contributed by atoms with Gasteiger partial charge in [0.15, 0.2) is 0 Å². The average Bonchev–Trinajstić information content (AvgIpc) is 2.61. The Hall–Kier alpha value is -2.17. The van der Waals surface area contributed by atoms with Crippen LogP contribution >= 0.6 is 0 Å². The fourth-order valence-corrected chi connectivity index (χ4v) is 1.63. The van der Waals surface area contributed by atoms with Crippen molar-refractivity contribution in [3.8, 4) is 5.88 Å². The first-order chi connectivity index (χ1) is 8.54. The lowest BCUT2D eigenvalue weighted by Gasteiger charge is -2.06. The van der Waals surface area contributed by atoms with Crippen molar-refractivity contribution >= 4 is 5.97 Å². The van der Waals surface area contributed by atoms with Crippen LogP contribution in [0.4, 0.5) is 4.39 Å². The quantitative estimate of drug-likeness (QED) is 0.783. The largest absolute Gasteiger partial charge is 0.408 e. The number of carbonyl (C=O) groups excluding carboxylic acids is 1. The highest BCUT2D eigenvalue weighted by atomic mass is 19.1. The molecule has 0 spiro atoms. The van der Waals surface area contributed by atoms with Crippen molar-refractivity contribution in [2.24, 2.45) is 0 Å². The van der Waals surface area contributed by atoms with Gasteiger partial charge in [-0.2, -0.15) is 5.10 Å². The zero-order valence-electron chi connectivity index (χ0n) is 10.2. The van der Waals surface area contributed by atoms with Gasteiger partial charge in [0.25, 0.3) is 0 Å². The molecule has 0 aliphatic heterocycles. The van der Waals surface area contributed by atoms with Crippen LogP contribution < -0.4 is 4.74 Å². The Morgan fingerprint density at radius 2 is 2.06 bits per heavy atom. The molecule has 0 N–H and O–H groups in total. The summed E-state index contributed by atoms with van der Waals surface area (Å²) in [7, 11) is 0. The van der Waals surface area contributed by atoms with Gasteiger partial charge in [0.05, 0.1) is 12.2 Å². The van der Waals surface area contributed by atoms with E-state index in [2.05, 4.69) is 5.10 Å². The molecule has 4 nitrogen and oxygen atoms in total. The molecule has 0 fully saturated rings. The number of carbonyl (C=O) groups is 1. The minimum absolute atomic E-state index is 0.282. The summed E-state index contributed by atoms with van der Waals surface area (Å²) in [6, 6.07) is 7.80. The van der Waals surface area contributed by atoms with E-state index in [1.54, 1.807) is 22.9 Å². The van der Waals surface area contributed by atoms with Gasteiger partial charge in [0, 0.05) is 13.0 Å². The monoisotopic (exact) mass is 248 g/mol. The number of benzene rings is 1. The van der Waals surface area contributed by atoms with Gasteiger partial charge in [-0.25, -0.2) is 9.07 Å². The fraction of sp³-hybridized carbons (Fsp3) is 0.231. The van der Waals surface area contributed by atoms with Crippen LogP contribution in [0.25, 0.3) is 0 Å². The van der Waals surface area contributed by atoms with E-state index in [1.807, 2.05) is 6.92 Å². The van der Waals surface area contributed by atoms with E-state index < -0.39 is 5.97 Å². The third-order valence-corrected chi connectivity index (χ3v) is 2.36. The smallest absolute Gasteiger partial charge is 0.309 e. The molecule has 0 bridgehead atoms. The fourth-order valence-electron chi connectivity index (χ4n) is 1.63. The lowest BCUT2D eigenvalue weighted by molar-refractivity contribution is -0.132. The van der Waals surface area contributed by atoms with Crippen LogP contribution in [0.2, 0.25) is 0 Å². The Labute approximate surface area is 104 Å². The van der Waals surface area contributed by atoms with E-state index in [0.717, 1.165) is 11.3 Å². The summed E-state index contributed by atoms with van der Waals surface area (Å²) in [6.45, 7) is 3.58. The van der Waals surface area contributed by atoms with Crippen LogP contribution in [-0.4, -0.2) is 15.7 Å². The van der Waals surface area contributed by atoms with Crippen LogP contribution in [0.3, 0.4) is 0 Å². The lowest BCUT2D eigenvalue weighted by Crippen LogP contribution is -2.09. The number of aromatic nitrogens is 2. The van der Waals surface area contributed by atoms with E-state index in [-0.39, 0.29) is 5.82 Å². The minimum atomic E-state index is -0.393. The maximum atomic E-state index is 12.8. The zero-order chi connectivity index (χ0) is 13.1. The van der Waals surface area contributed by atoms with Crippen molar-refractivity contribution in [2.45, 2.75) is 20.4 Å². The first-order valence-electron chi connectivity index (χ1n) is 5.52. The molecule has 0 unspecified atom stereocenters. The SMILES string of the molecule is CC(=O)Oc1cc(C)nn1Cc1ccc(F)cc1. The summed E-state index contributed by atoms with van der Waals surface area (Å²) in [5.41, 5.74) is 1.64. The van der Waals surface area contributed by atoms with Gasteiger partial charge in [-0.15, -0.1) is 0 Å². The van der Waals surface area contributed by atoms with Gasteiger partial charge in [-0.05, 0) is 24.6 Å². The first-order valence-corrected chi connectivity index (χ1v) is 5.52. The number of hydrogen-bond acceptors (Lipinski definition) is 3. The summed E-state index contributed by atoms with van der Waals surface area (Å²) in [5.74, 6) is -0.282. The minimum Gasteiger partial charge on any atom is -0.408 e. The van der Waals surface area contributed by atoms with Crippen molar-refractivity contribution < 1.29 is 13.9 Å². The summed E-state index contributed by atoms with van der Waals surface area (Å²) < 4.78 is 19.4. The van der Waals surface area contributed by atoms with Gasteiger partial charge in [-0.1, -0.05) is 12.1 Å².